The number of thiocarbonyl (C=S) groups is 1. The number of aromatic nitrogens is 1. The monoisotopic (exact) mass is 299 g/mol. The summed E-state index contributed by atoms with van der Waals surface area (Å²) in [4.78, 5) is 17.1. The first kappa shape index (κ1) is 13.9. The van der Waals surface area contributed by atoms with Gasteiger partial charge in [-0.3, -0.25) is 9.78 Å². The number of carbonyl (C=O) groups excluding carboxylic acids is 1. The molecule has 0 bridgehead atoms. The van der Waals surface area contributed by atoms with Crippen molar-refractivity contribution in [1.29, 1.82) is 0 Å². The molecule has 1 aromatic carbocycles. The zero-order chi connectivity index (χ0) is 15.0. The van der Waals surface area contributed by atoms with Crippen LogP contribution in [-0.2, 0) is 4.79 Å². The first-order valence-corrected chi connectivity index (χ1v) is 7.38. The van der Waals surface area contributed by atoms with Gasteiger partial charge in [0, 0.05) is 17.8 Å². The number of nitrogens with zero attached hydrogens (tertiary/aromatic N) is 1. The Bertz CT molecular complexity index is 717. The molecule has 108 valence electrons. The number of pyridine rings is 1. The van der Waals surface area contributed by atoms with Crippen LogP contribution >= 0.6 is 12.2 Å². The van der Waals surface area contributed by atoms with Crippen LogP contribution in [0.25, 0.3) is 10.8 Å². The molecule has 0 saturated heterocycles. The summed E-state index contributed by atoms with van der Waals surface area (Å²) in [6.07, 6.45) is 4.92. The molecule has 0 spiro atoms. The van der Waals surface area contributed by atoms with Gasteiger partial charge in [0.15, 0.2) is 0 Å². The lowest BCUT2D eigenvalue weighted by Crippen LogP contribution is -2.53. The average molecular weight is 299 g/mol. The lowest BCUT2D eigenvalue weighted by atomic mass is 9.62. The van der Waals surface area contributed by atoms with Crippen LogP contribution in [0.4, 0.5) is 5.69 Å². The Morgan fingerprint density at radius 3 is 2.86 bits per heavy atom. The predicted molar refractivity (Wildman–Crippen MR) is 88.0 cm³/mol. The van der Waals surface area contributed by atoms with Crippen molar-refractivity contribution < 1.29 is 4.79 Å². The van der Waals surface area contributed by atoms with Crippen molar-refractivity contribution in [2.24, 2.45) is 17.1 Å². The van der Waals surface area contributed by atoms with E-state index < -0.39 is 5.41 Å². The van der Waals surface area contributed by atoms with Crippen LogP contribution in [-0.4, -0.2) is 15.9 Å². The number of hydrogen-bond donors (Lipinski definition) is 2. The van der Waals surface area contributed by atoms with Crippen LogP contribution in [0, 0.1) is 11.3 Å². The van der Waals surface area contributed by atoms with Crippen LogP contribution in [0.15, 0.2) is 36.7 Å². The minimum atomic E-state index is -0.695. The number of rotatable bonds is 3. The summed E-state index contributed by atoms with van der Waals surface area (Å²) in [5, 5.41) is 4.93. The number of carbonyl (C=O) groups is 1. The van der Waals surface area contributed by atoms with Gasteiger partial charge < -0.3 is 11.1 Å². The highest BCUT2D eigenvalue weighted by Crippen LogP contribution is 2.46. The maximum absolute atomic E-state index is 12.6. The van der Waals surface area contributed by atoms with Gasteiger partial charge in [0.05, 0.1) is 16.1 Å². The number of hydrogen-bond acceptors (Lipinski definition) is 3. The fraction of sp³-hybridized carbons (Fsp3) is 0.312. The molecule has 4 nitrogen and oxygen atoms in total. The van der Waals surface area contributed by atoms with E-state index in [2.05, 4.69) is 17.2 Å². The summed E-state index contributed by atoms with van der Waals surface area (Å²) in [5.41, 5.74) is 5.88. The van der Waals surface area contributed by atoms with E-state index in [0.29, 0.717) is 5.92 Å². The molecule has 5 heteroatoms. The molecular weight excluding hydrogens is 282 g/mol. The Balaban J connectivity index is 1.92. The third kappa shape index (κ3) is 2.27. The molecule has 1 aromatic heterocycles. The Morgan fingerprint density at radius 2 is 2.19 bits per heavy atom. The molecule has 0 unspecified atom stereocenters. The van der Waals surface area contributed by atoms with Gasteiger partial charge in [0.2, 0.25) is 5.91 Å². The van der Waals surface area contributed by atoms with Gasteiger partial charge in [-0.2, -0.15) is 0 Å². The van der Waals surface area contributed by atoms with E-state index in [1.54, 1.807) is 12.4 Å². The van der Waals surface area contributed by atoms with Gasteiger partial charge in [-0.25, -0.2) is 0 Å². The first-order valence-electron chi connectivity index (χ1n) is 6.97. The molecule has 3 rings (SSSR count). The topological polar surface area (TPSA) is 68.0 Å². The van der Waals surface area contributed by atoms with Crippen molar-refractivity contribution in [2.45, 2.75) is 19.8 Å². The molecule has 0 aliphatic heterocycles. The maximum atomic E-state index is 12.6. The van der Waals surface area contributed by atoms with E-state index >= 15 is 0 Å². The molecule has 1 aliphatic rings. The van der Waals surface area contributed by atoms with Crippen LogP contribution in [0.2, 0.25) is 0 Å². The fourth-order valence-corrected chi connectivity index (χ4v) is 3.35. The van der Waals surface area contributed by atoms with Crippen molar-refractivity contribution in [2.75, 3.05) is 5.32 Å². The lowest BCUT2D eigenvalue weighted by Gasteiger charge is -2.44. The molecule has 1 aliphatic carbocycles. The molecule has 3 N–H and O–H groups in total. The standard InChI is InChI=1S/C16H17N3OS/c1-10-7-16(8-10,14(17)21)15(20)19-13-4-2-3-11-5-6-18-9-12(11)13/h2-6,9-10H,7-8H2,1H3,(H2,17,21)(H,19,20). The number of fused-ring (bicyclic) bond motifs is 1. The Labute approximate surface area is 128 Å². The molecule has 2 aromatic rings. The predicted octanol–water partition coefficient (Wildman–Crippen LogP) is 2.88. The number of benzene rings is 1. The van der Waals surface area contributed by atoms with E-state index in [0.717, 1.165) is 29.3 Å². The van der Waals surface area contributed by atoms with Crippen LogP contribution in [0.3, 0.4) is 0 Å². The van der Waals surface area contributed by atoms with E-state index in [1.165, 1.54) is 0 Å². The van der Waals surface area contributed by atoms with Gasteiger partial charge in [-0.15, -0.1) is 0 Å². The van der Waals surface area contributed by atoms with Crippen molar-refractivity contribution in [3.63, 3.8) is 0 Å². The Hall–Kier alpha value is -2.01. The summed E-state index contributed by atoms with van der Waals surface area (Å²) in [6.45, 7) is 2.10. The highest BCUT2D eigenvalue weighted by Gasteiger charge is 2.50. The molecule has 1 saturated carbocycles. The second kappa shape index (κ2) is 5.07. The third-order valence-electron chi connectivity index (χ3n) is 4.23. The normalized spacial score (nSPS) is 24.3. The number of nitrogens with two attached hydrogens (primary N) is 1. The summed E-state index contributed by atoms with van der Waals surface area (Å²) in [6, 6.07) is 7.69. The second-order valence-corrected chi connectivity index (χ2v) is 6.26. The minimum Gasteiger partial charge on any atom is -0.392 e. The summed E-state index contributed by atoms with van der Waals surface area (Å²) in [5.74, 6) is 0.371. The molecule has 1 heterocycles. The largest absolute Gasteiger partial charge is 0.392 e. The van der Waals surface area contributed by atoms with Crippen molar-refractivity contribution in [3.05, 3.63) is 36.7 Å². The van der Waals surface area contributed by atoms with E-state index in [9.17, 15) is 4.79 Å². The second-order valence-electron chi connectivity index (χ2n) is 5.82. The van der Waals surface area contributed by atoms with Gasteiger partial charge in [0.25, 0.3) is 0 Å². The maximum Gasteiger partial charge on any atom is 0.237 e. The smallest absolute Gasteiger partial charge is 0.237 e. The fourth-order valence-electron chi connectivity index (χ4n) is 3.09. The molecule has 1 amide bonds. The molecule has 21 heavy (non-hydrogen) atoms. The van der Waals surface area contributed by atoms with E-state index in [-0.39, 0.29) is 10.9 Å². The number of nitrogens with one attached hydrogen (secondary N) is 1. The molecule has 0 atom stereocenters. The van der Waals surface area contributed by atoms with Gasteiger partial charge in [-0.1, -0.05) is 31.3 Å². The summed E-state index contributed by atoms with van der Waals surface area (Å²) < 4.78 is 0. The van der Waals surface area contributed by atoms with E-state index in [4.69, 9.17) is 18.0 Å². The van der Waals surface area contributed by atoms with Crippen LogP contribution < -0.4 is 11.1 Å². The van der Waals surface area contributed by atoms with Gasteiger partial charge >= 0.3 is 0 Å². The van der Waals surface area contributed by atoms with Gasteiger partial charge in [-0.05, 0) is 36.3 Å². The van der Waals surface area contributed by atoms with Gasteiger partial charge in [0.1, 0.15) is 0 Å². The average Bonchev–Trinajstić information content (AvgIpc) is 2.43. The molecule has 1 fully saturated rings. The Kier molecular flexibility index (Phi) is 3.37. The van der Waals surface area contributed by atoms with Crippen molar-refractivity contribution >= 4 is 39.6 Å². The quantitative estimate of drug-likeness (QED) is 0.855. The number of amides is 1. The minimum absolute atomic E-state index is 0.107. The third-order valence-corrected chi connectivity index (χ3v) is 4.62. The lowest BCUT2D eigenvalue weighted by molar-refractivity contribution is -0.127. The van der Waals surface area contributed by atoms with Crippen LogP contribution in [0.1, 0.15) is 19.8 Å². The Morgan fingerprint density at radius 1 is 1.43 bits per heavy atom. The molecular formula is C16H17N3OS. The number of anilines is 1. The van der Waals surface area contributed by atoms with Crippen molar-refractivity contribution in [3.8, 4) is 0 Å². The van der Waals surface area contributed by atoms with Crippen LogP contribution in [0.5, 0.6) is 0 Å². The highest BCUT2D eigenvalue weighted by molar-refractivity contribution is 7.80. The SMILES string of the molecule is CC1CC(C(=O)Nc2cccc3ccncc23)(C(N)=S)C1. The summed E-state index contributed by atoms with van der Waals surface area (Å²) in [7, 11) is 0. The molecule has 0 radical (unpaired) electrons. The first-order chi connectivity index (χ1) is 10.0. The highest BCUT2D eigenvalue weighted by atomic mass is 32.1. The zero-order valence-corrected chi connectivity index (χ0v) is 12.6. The zero-order valence-electron chi connectivity index (χ0n) is 11.8. The van der Waals surface area contributed by atoms with Crippen molar-refractivity contribution in [1.82, 2.24) is 4.98 Å². The summed E-state index contributed by atoms with van der Waals surface area (Å²) >= 11 is 5.13. The van der Waals surface area contributed by atoms with E-state index in [1.807, 2.05) is 24.3 Å².